The first kappa shape index (κ1) is 12.5. The van der Waals surface area contributed by atoms with E-state index in [0.29, 0.717) is 5.75 Å². The van der Waals surface area contributed by atoms with Gasteiger partial charge in [-0.25, -0.2) is 0 Å². The van der Waals surface area contributed by atoms with Gasteiger partial charge in [0.2, 0.25) is 0 Å². The molecular weight excluding hydrogens is 250 g/mol. The zero-order valence-electron chi connectivity index (χ0n) is 11.4. The Morgan fingerprint density at radius 3 is 2.50 bits per heavy atom. The summed E-state index contributed by atoms with van der Waals surface area (Å²) in [5.74, 6) is 0.337. The second-order valence-electron chi connectivity index (χ2n) is 4.79. The van der Waals surface area contributed by atoms with Gasteiger partial charge in [0.1, 0.15) is 0 Å². The van der Waals surface area contributed by atoms with Crippen LogP contribution >= 0.6 is 0 Å². The molecule has 3 heteroatoms. The molecule has 1 heterocycles. The fourth-order valence-corrected chi connectivity index (χ4v) is 2.43. The van der Waals surface area contributed by atoms with Crippen LogP contribution in [0.4, 0.5) is 0 Å². The minimum Gasteiger partial charge on any atom is -0.491 e. The number of aromatic amines is 1. The summed E-state index contributed by atoms with van der Waals surface area (Å²) in [6.07, 6.45) is 0. The van der Waals surface area contributed by atoms with Gasteiger partial charge in [-0.05, 0) is 41.8 Å². The maximum Gasteiger partial charge on any atom is 0.290 e. The molecule has 0 bridgehead atoms. The predicted molar refractivity (Wildman–Crippen MR) is 81.3 cm³/mol. The van der Waals surface area contributed by atoms with Crippen molar-refractivity contribution in [3.05, 3.63) is 64.4 Å². The van der Waals surface area contributed by atoms with Crippen LogP contribution in [-0.2, 0) is 0 Å². The maximum absolute atomic E-state index is 11.8. The minimum absolute atomic E-state index is 0.206. The third-order valence-electron chi connectivity index (χ3n) is 3.46. The van der Waals surface area contributed by atoms with Crippen LogP contribution in [0.15, 0.2) is 53.3 Å². The number of hydrogen-bond donors (Lipinski definition) is 1. The Labute approximate surface area is 116 Å². The van der Waals surface area contributed by atoms with Gasteiger partial charge >= 0.3 is 0 Å². The number of methoxy groups -OCH3 is 1. The molecule has 100 valence electrons. The molecule has 3 rings (SSSR count). The molecule has 0 atom stereocenters. The van der Waals surface area contributed by atoms with Crippen LogP contribution in [0.2, 0.25) is 0 Å². The summed E-state index contributed by atoms with van der Waals surface area (Å²) in [6.45, 7) is 2.07. The van der Waals surface area contributed by atoms with Crippen molar-refractivity contribution in [2.24, 2.45) is 0 Å². The number of aromatic nitrogens is 1. The summed E-state index contributed by atoms with van der Waals surface area (Å²) in [7, 11) is 1.50. The van der Waals surface area contributed by atoms with Gasteiger partial charge in [0.15, 0.2) is 5.75 Å². The van der Waals surface area contributed by atoms with Crippen LogP contribution in [0.1, 0.15) is 5.56 Å². The molecule has 3 nitrogen and oxygen atoms in total. The van der Waals surface area contributed by atoms with Crippen LogP contribution in [-0.4, -0.2) is 12.1 Å². The number of benzene rings is 2. The van der Waals surface area contributed by atoms with Gasteiger partial charge in [0.05, 0.1) is 7.11 Å². The van der Waals surface area contributed by atoms with E-state index in [1.165, 1.54) is 7.11 Å². The number of aryl methyl sites for hydroxylation is 1. The first-order chi connectivity index (χ1) is 9.69. The van der Waals surface area contributed by atoms with E-state index in [0.717, 1.165) is 27.6 Å². The summed E-state index contributed by atoms with van der Waals surface area (Å²) >= 11 is 0. The van der Waals surface area contributed by atoms with Gasteiger partial charge in [0.25, 0.3) is 5.56 Å². The van der Waals surface area contributed by atoms with E-state index in [1.807, 2.05) is 24.3 Å². The van der Waals surface area contributed by atoms with E-state index < -0.39 is 0 Å². The Balaban J connectivity index is 2.27. The lowest BCUT2D eigenvalue weighted by Gasteiger charge is -2.09. The van der Waals surface area contributed by atoms with Gasteiger partial charge in [-0.2, -0.15) is 0 Å². The first-order valence-electron chi connectivity index (χ1n) is 6.46. The number of pyridine rings is 1. The Hall–Kier alpha value is -2.55. The summed E-state index contributed by atoms with van der Waals surface area (Å²) in [6, 6.07) is 16.0. The third-order valence-corrected chi connectivity index (χ3v) is 3.46. The topological polar surface area (TPSA) is 42.1 Å². The van der Waals surface area contributed by atoms with Gasteiger partial charge in [-0.15, -0.1) is 0 Å². The molecule has 1 N–H and O–H groups in total. The Morgan fingerprint density at radius 2 is 1.80 bits per heavy atom. The normalized spacial score (nSPS) is 10.7. The van der Waals surface area contributed by atoms with Crippen LogP contribution in [0.25, 0.3) is 22.0 Å². The van der Waals surface area contributed by atoms with Crippen molar-refractivity contribution in [2.45, 2.75) is 6.92 Å². The Bertz CT molecular complexity index is 820. The van der Waals surface area contributed by atoms with Crippen molar-refractivity contribution < 1.29 is 4.74 Å². The molecule has 2 aromatic carbocycles. The molecule has 0 saturated heterocycles. The van der Waals surface area contributed by atoms with Crippen molar-refractivity contribution in [2.75, 3.05) is 7.11 Å². The fraction of sp³-hybridized carbons (Fsp3) is 0.118. The molecular formula is C17H15NO2. The summed E-state index contributed by atoms with van der Waals surface area (Å²) in [4.78, 5) is 14.7. The summed E-state index contributed by atoms with van der Waals surface area (Å²) < 4.78 is 5.06. The molecule has 0 spiro atoms. The van der Waals surface area contributed by atoms with E-state index in [2.05, 4.69) is 30.1 Å². The number of nitrogens with one attached hydrogen (secondary N) is 1. The number of hydrogen-bond acceptors (Lipinski definition) is 2. The van der Waals surface area contributed by atoms with Gasteiger partial charge < -0.3 is 9.72 Å². The molecule has 3 aromatic rings. The standard InChI is InChI=1S/C17H15NO2/c1-11-8-13-9-16(20-2)17(19)18-15(13)10-14(11)12-6-4-3-5-7-12/h3-10H,1-2H3,(H,18,19). The lowest BCUT2D eigenvalue weighted by molar-refractivity contribution is 0.409. The van der Waals surface area contributed by atoms with Gasteiger partial charge in [-0.1, -0.05) is 30.3 Å². The van der Waals surface area contributed by atoms with E-state index in [9.17, 15) is 4.79 Å². The highest BCUT2D eigenvalue weighted by Gasteiger charge is 2.07. The van der Waals surface area contributed by atoms with Crippen LogP contribution in [0.3, 0.4) is 0 Å². The maximum atomic E-state index is 11.8. The van der Waals surface area contributed by atoms with Gasteiger partial charge in [0, 0.05) is 10.9 Å². The van der Waals surface area contributed by atoms with Crippen LogP contribution in [0.5, 0.6) is 5.75 Å². The van der Waals surface area contributed by atoms with Crippen molar-refractivity contribution in [1.82, 2.24) is 4.98 Å². The van der Waals surface area contributed by atoms with Crippen molar-refractivity contribution >= 4 is 10.9 Å². The molecule has 0 saturated carbocycles. The van der Waals surface area contributed by atoms with Crippen molar-refractivity contribution in [3.63, 3.8) is 0 Å². The molecule has 0 amide bonds. The average molecular weight is 265 g/mol. The smallest absolute Gasteiger partial charge is 0.290 e. The molecule has 0 fully saturated rings. The Morgan fingerprint density at radius 1 is 1.05 bits per heavy atom. The highest BCUT2D eigenvalue weighted by molar-refractivity contribution is 5.86. The van der Waals surface area contributed by atoms with E-state index in [1.54, 1.807) is 6.07 Å². The fourth-order valence-electron chi connectivity index (χ4n) is 2.43. The monoisotopic (exact) mass is 265 g/mol. The molecule has 0 aliphatic heterocycles. The van der Waals surface area contributed by atoms with Gasteiger partial charge in [-0.3, -0.25) is 4.79 Å². The van der Waals surface area contributed by atoms with E-state index >= 15 is 0 Å². The third kappa shape index (κ3) is 2.07. The highest BCUT2D eigenvalue weighted by Crippen LogP contribution is 2.27. The highest BCUT2D eigenvalue weighted by atomic mass is 16.5. The van der Waals surface area contributed by atoms with Crippen LogP contribution < -0.4 is 10.3 Å². The first-order valence-corrected chi connectivity index (χ1v) is 6.46. The van der Waals surface area contributed by atoms with Crippen molar-refractivity contribution in [1.29, 1.82) is 0 Å². The zero-order chi connectivity index (χ0) is 14.1. The van der Waals surface area contributed by atoms with Crippen molar-refractivity contribution in [3.8, 4) is 16.9 Å². The average Bonchev–Trinajstić information content (AvgIpc) is 2.47. The second-order valence-corrected chi connectivity index (χ2v) is 4.79. The number of H-pyrrole nitrogens is 1. The van der Waals surface area contributed by atoms with E-state index in [-0.39, 0.29) is 5.56 Å². The predicted octanol–water partition coefficient (Wildman–Crippen LogP) is 3.51. The largest absolute Gasteiger partial charge is 0.491 e. The number of fused-ring (bicyclic) bond motifs is 1. The molecule has 0 aliphatic carbocycles. The summed E-state index contributed by atoms with van der Waals surface area (Å²) in [5, 5.41) is 0.971. The zero-order valence-corrected chi connectivity index (χ0v) is 11.4. The number of ether oxygens (including phenoxy) is 1. The molecule has 0 radical (unpaired) electrons. The molecule has 1 aromatic heterocycles. The van der Waals surface area contributed by atoms with E-state index in [4.69, 9.17) is 4.74 Å². The minimum atomic E-state index is -0.206. The quantitative estimate of drug-likeness (QED) is 0.770. The SMILES string of the molecule is COc1cc2cc(C)c(-c3ccccc3)cc2[nH]c1=O. The van der Waals surface area contributed by atoms with Crippen LogP contribution in [0, 0.1) is 6.92 Å². The Kier molecular flexibility index (Phi) is 3.03. The summed E-state index contributed by atoms with van der Waals surface area (Å²) in [5.41, 5.74) is 4.04. The lowest BCUT2D eigenvalue weighted by Crippen LogP contribution is -2.08. The second kappa shape index (κ2) is 4.85. The molecule has 20 heavy (non-hydrogen) atoms. The molecule has 0 unspecified atom stereocenters. The number of rotatable bonds is 2. The molecule has 0 aliphatic rings. The lowest BCUT2D eigenvalue weighted by atomic mass is 9.98.